The van der Waals surface area contributed by atoms with Crippen LogP contribution in [0.4, 0.5) is 0 Å². The number of hydrogen-bond donors (Lipinski definition) is 0. The summed E-state index contributed by atoms with van der Waals surface area (Å²) in [4.78, 5) is 3.98. The van der Waals surface area contributed by atoms with Gasteiger partial charge in [-0.2, -0.15) is 0 Å². The third-order valence-electron chi connectivity index (χ3n) is 4.51. The van der Waals surface area contributed by atoms with E-state index in [-0.39, 0.29) is 0 Å². The van der Waals surface area contributed by atoms with E-state index < -0.39 is 0 Å². The summed E-state index contributed by atoms with van der Waals surface area (Å²) in [5.74, 6) is 0. The van der Waals surface area contributed by atoms with Crippen LogP contribution in [-0.2, 0) is 12.8 Å². The van der Waals surface area contributed by atoms with Crippen molar-refractivity contribution in [1.82, 2.24) is 15.2 Å². The summed E-state index contributed by atoms with van der Waals surface area (Å²) in [5, 5.41) is 8.48. The Balaban J connectivity index is 1.80. The van der Waals surface area contributed by atoms with Crippen LogP contribution < -0.4 is 0 Å². The fraction of sp³-hybridized carbons (Fsp3) is 0.556. The van der Waals surface area contributed by atoms with Crippen molar-refractivity contribution < 1.29 is 4.63 Å². The Hall–Kier alpha value is -1.33. The Morgan fingerprint density at radius 2 is 2.09 bits per heavy atom. The van der Waals surface area contributed by atoms with Gasteiger partial charge in [-0.15, -0.1) is 0 Å². The maximum atomic E-state index is 4.72. The molecular formula is C18H25N3OS. The Kier molecular flexibility index (Phi) is 5.73. The van der Waals surface area contributed by atoms with Crippen molar-refractivity contribution in [2.24, 2.45) is 0 Å². The highest BCUT2D eigenvalue weighted by Crippen LogP contribution is 2.35. The topological polar surface area (TPSA) is 42.2 Å². The lowest BCUT2D eigenvalue weighted by molar-refractivity contribution is 0.179. The number of nitrogens with zero attached hydrogens (tertiary/aromatic N) is 3. The lowest BCUT2D eigenvalue weighted by atomic mass is 9.87. The smallest absolute Gasteiger partial charge is 0.165 e. The molecule has 1 aliphatic carbocycles. The molecule has 0 saturated carbocycles. The summed E-state index contributed by atoms with van der Waals surface area (Å²) in [6.45, 7) is 6.96. The first-order valence-electron chi connectivity index (χ1n) is 8.62. The summed E-state index contributed by atoms with van der Waals surface area (Å²) >= 11 is 1.66. The molecule has 0 N–H and O–H groups in total. The van der Waals surface area contributed by atoms with Crippen molar-refractivity contribution in [3.05, 3.63) is 35.5 Å². The molecule has 4 nitrogen and oxygen atoms in total. The van der Waals surface area contributed by atoms with E-state index in [1.54, 1.807) is 18.0 Å². The van der Waals surface area contributed by atoms with Crippen molar-refractivity contribution in [2.75, 3.05) is 13.1 Å². The Labute approximate surface area is 142 Å². The van der Waals surface area contributed by atoms with E-state index >= 15 is 0 Å². The zero-order chi connectivity index (χ0) is 16.1. The monoisotopic (exact) mass is 331 g/mol. The molecule has 1 aliphatic rings. The van der Waals surface area contributed by atoms with E-state index in [0.717, 1.165) is 11.4 Å². The minimum absolute atomic E-state index is 0.666. The van der Waals surface area contributed by atoms with Crippen molar-refractivity contribution in [3.63, 3.8) is 0 Å². The van der Waals surface area contributed by atoms with E-state index in [1.807, 2.05) is 0 Å². The lowest BCUT2D eigenvalue weighted by Crippen LogP contribution is -2.40. The summed E-state index contributed by atoms with van der Waals surface area (Å²) in [7, 11) is 0. The Bertz CT molecular complexity index is 609. The summed E-state index contributed by atoms with van der Waals surface area (Å²) in [5.41, 5.74) is 2.99. The zero-order valence-corrected chi connectivity index (χ0v) is 14.8. The molecule has 23 heavy (non-hydrogen) atoms. The number of benzene rings is 1. The largest absolute Gasteiger partial charge is 0.300 e. The average Bonchev–Trinajstić information content (AvgIpc) is 3.08. The third kappa shape index (κ3) is 3.96. The van der Waals surface area contributed by atoms with Crippen LogP contribution in [0.2, 0.25) is 0 Å². The summed E-state index contributed by atoms with van der Waals surface area (Å²) in [6.07, 6.45) is 7.73. The van der Waals surface area contributed by atoms with Crippen LogP contribution in [-0.4, -0.2) is 34.3 Å². The highest BCUT2D eigenvalue weighted by molar-refractivity contribution is 7.99. The Morgan fingerprint density at radius 1 is 1.26 bits per heavy atom. The van der Waals surface area contributed by atoms with Gasteiger partial charge in [0.05, 0.1) is 0 Å². The van der Waals surface area contributed by atoms with Crippen LogP contribution in [0.25, 0.3) is 0 Å². The van der Waals surface area contributed by atoms with Crippen LogP contribution in [0.5, 0.6) is 0 Å². The second-order valence-corrected chi connectivity index (χ2v) is 7.24. The summed E-state index contributed by atoms with van der Waals surface area (Å²) in [6, 6.07) is 7.30. The molecule has 1 aromatic carbocycles. The molecule has 124 valence electrons. The molecule has 5 heteroatoms. The molecule has 0 amide bonds. The fourth-order valence-corrected chi connectivity index (χ4v) is 4.39. The second kappa shape index (κ2) is 7.97. The number of aromatic nitrogens is 2. The van der Waals surface area contributed by atoms with E-state index in [2.05, 4.69) is 47.3 Å². The molecule has 2 aromatic rings. The maximum Gasteiger partial charge on any atom is 0.165 e. The number of rotatable bonds is 7. The third-order valence-corrected chi connectivity index (χ3v) is 5.50. The lowest BCUT2D eigenvalue weighted by Gasteiger charge is -2.35. The maximum absolute atomic E-state index is 4.72. The molecule has 0 aliphatic heterocycles. The molecule has 0 spiro atoms. The van der Waals surface area contributed by atoms with Gasteiger partial charge in [-0.3, -0.25) is 0 Å². The standard InChI is InChI=1S/C18H25N3OS/c1-3-10-21(11-4-2)15-9-8-14-6-5-7-17(16(14)12-15)23-18-13-19-22-20-18/h5-7,13,15H,3-4,8-12H2,1-2H3. The van der Waals surface area contributed by atoms with Crippen LogP contribution in [0.3, 0.4) is 0 Å². The minimum atomic E-state index is 0.666. The molecule has 0 saturated heterocycles. The van der Waals surface area contributed by atoms with Gasteiger partial charge in [-0.05, 0) is 67.5 Å². The van der Waals surface area contributed by atoms with Gasteiger partial charge in [0.1, 0.15) is 6.20 Å². The normalized spacial score (nSPS) is 17.4. The first-order chi connectivity index (χ1) is 11.3. The second-order valence-electron chi connectivity index (χ2n) is 6.17. The number of fused-ring (bicyclic) bond motifs is 1. The van der Waals surface area contributed by atoms with Crippen molar-refractivity contribution in [1.29, 1.82) is 0 Å². The van der Waals surface area contributed by atoms with Crippen LogP contribution in [0, 0.1) is 0 Å². The zero-order valence-electron chi connectivity index (χ0n) is 14.0. The SMILES string of the molecule is CCCN(CCC)C1CCc2cccc(Sc3cnon3)c2C1. The molecule has 1 atom stereocenters. The average molecular weight is 331 g/mol. The molecule has 1 aromatic heterocycles. The predicted octanol–water partition coefficient (Wildman–Crippen LogP) is 4.20. The van der Waals surface area contributed by atoms with Gasteiger partial charge in [0.25, 0.3) is 0 Å². The van der Waals surface area contributed by atoms with Crippen LogP contribution in [0.1, 0.15) is 44.2 Å². The highest BCUT2D eigenvalue weighted by Gasteiger charge is 2.25. The molecule has 1 unspecified atom stereocenters. The van der Waals surface area contributed by atoms with E-state index in [4.69, 9.17) is 4.63 Å². The van der Waals surface area contributed by atoms with E-state index in [9.17, 15) is 0 Å². The molecule has 0 bridgehead atoms. The van der Waals surface area contributed by atoms with Gasteiger partial charge in [0.2, 0.25) is 0 Å². The first kappa shape index (κ1) is 16.5. The van der Waals surface area contributed by atoms with Gasteiger partial charge in [-0.1, -0.05) is 42.9 Å². The summed E-state index contributed by atoms with van der Waals surface area (Å²) < 4.78 is 4.72. The van der Waals surface area contributed by atoms with Gasteiger partial charge >= 0.3 is 0 Å². The molecule has 1 heterocycles. The molecule has 0 fully saturated rings. The fourth-order valence-electron chi connectivity index (χ4n) is 3.51. The molecular weight excluding hydrogens is 306 g/mol. The highest BCUT2D eigenvalue weighted by atomic mass is 32.2. The number of hydrogen-bond acceptors (Lipinski definition) is 5. The van der Waals surface area contributed by atoms with Gasteiger partial charge in [-0.25, -0.2) is 4.63 Å². The molecule has 3 rings (SSSR count). The van der Waals surface area contributed by atoms with Crippen molar-refractivity contribution >= 4 is 11.8 Å². The molecule has 0 radical (unpaired) electrons. The van der Waals surface area contributed by atoms with E-state index in [1.165, 1.54) is 54.8 Å². The predicted molar refractivity (Wildman–Crippen MR) is 92.8 cm³/mol. The number of aryl methyl sites for hydroxylation is 1. The minimum Gasteiger partial charge on any atom is -0.300 e. The van der Waals surface area contributed by atoms with Crippen molar-refractivity contribution in [2.45, 2.75) is 61.9 Å². The quantitative estimate of drug-likeness (QED) is 0.760. The van der Waals surface area contributed by atoms with Gasteiger partial charge < -0.3 is 4.90 Å². The Morgan fingerprint density at radius 3 is 2.78 bits per heavy atom. The first-order valence-corrected chi connectivity index (χ1v) is 9.43. The van der Waals surface area contributed by atoms with E-state index in [0.29, 0.717) is 6.04 Å². The van der Waals surface area contributed by atoms with Crippen molar-refractivity contribution in [3.8, 4) is 0 Å². The van der Waals surface area contributed by atoms with Crippen LogP contribution in [0.15, 0.2) is 38.9 Å². The van der Waals surface area contributed by atoms with Gasteiger partial charge in [0.15, 0.2) is 5.03 Å². The van der Waals surface area contributed by atoms with Gasteiger partial charge in [0, 0.05) is 10.9 Å². The van der Waals surface area contributed by atoms with Crippen LogP contribution >= 0.6 is 11.8 Å².